The van der Waals surface area contributed by atoms with Crippen molar-refractivity contribution in [3.8, 4) is 5.75 Å². The van der Waals surface area contributed by atoms with Crippen LogP contribution in [0.4, 0.5) is 0 Å². The molecule has 0 aliphatic heterocycles. The summed E-state index contributed by atoms with van der Waals surface area (Å²) >= 11 is 0. The number of benzene rings is 1. The third-order valence-corrected chi connectivity index (χ3v) is 4.03. The predicted molar refractivity (Wildman–Crippen MR) is 78.4 cm³/mol. The molecule has 2 rings (SSSR count). The molecule has 21 heavy (non-hydrogen) atoms. The maximum Gasteiger partial charge on any atom is 0.329 e. The van der Waals surface area contributed by atoms with Crippen LogP contribution in [0.5, 0.6) is 5.75 Å². The highest BCUT2D eigenvalue weighted by molar-refractivity contribution is 5.87. The summed E-state index contributed by atoms with van der Waals surface area (Å²) < 4.78 is 5.46. The number of fused-ring (bicyclic) bond motifs is 1. The number of rotatable bonds is 6. The SMILES string of the molecule is CCC(C)(NC(=O)COc1ccc2c(c1)CCC2)C(=O)O. The Balaban J connectivity index is 1.91. The molecule has 0 radical (unpaired) electrons. The molecule has 114 valence electrons. The fourth-order valence-electron chi connectivity index (χ4n) is 2.42. The van der Waals surface area contributed by atoms with E-state index in [0.717, 1.165) is 19.3 Å². The fraction of sp³-hybridized carbons (Fsp3) is 0.500. The molecule has 1 aliphatic rings. The van der Waals surface area contributed by atoms with Crippen molar-refractivity contribution in [1.29, 1.82) is 0 Å². The van der Waals surface area contributed by atoms with Crippen molar-refractivity contribution >= 4 is 11.9 Å². The Bertz CT molecular complexity index is 555. The van der Waals surface area contributed by atoms with E-state index in [1.54, 1.807) is 6.92 Å². The summed E-state index contributed by atoms with van der Waals surface area (Å²) in [6.07, 6.45) is 3.62. The van der Waals surface area contributed by atoms with Gasteiger partial charge in [0.25, 0.3) is 5.91 Å². The van der Waals surface area contributed by atoms with Gasteiger partial charge in [0, 0.05) is 0 Å². The molecule has 0 fully saturated rings. The molecule has 0 saturated heterocycles. The molecule has 1 amide bonds. The summed E-state index contributed by atoms with van der Waals surface area (Å²) in [4.78, 5) is 23.0. The average Bonchev–Trinajstić information content (AvgIpc) is 2.92. The second kappa shape index (κ2) is 6.16. The number of carboxylic acid groups (broad SMARTS) is 1. The largest absolute Gasteiger partial charge is 0.484 e. The number of nitrogens with one attached hydrogen (secondary N) is 1. The third kappa shape index (κ3) is 3.54. The first-order valence-electron chi connectivity index (χ1n) is 7.23. The number of carbonyl (C=O) groups excluding carboxylic acids is 1. The number of aryl methyl sites for hydroxylation is 2. The monoisotopic (exact) mass is 291 g/mol. The Kier molecular flexibility index (Phi) is 4.50. The van der Waals surface area contributed by atoms with Crippen molar-refractivity contribution in [2.75, 3.05) is 6.61 Å². The molecule has 1 aliphatic carbocycles. The lowest BCUT2D eigenvalue weighted by atomic mass is 9.99. The van der Waals surface area contributed by atoms with Crippen molar-refractivity contribution in [2.45, 2.75) is 45.1 Å². The van der Waals surface area contributed by atoms with E-state index in [9.17, 15) is 9.59 Å². The van der Waals surface area contributed by atoms with Gasteiger partial charge in [0.2, 0.25) is 0 Å². The van der Waals surface area contributed by atoms with Crippen molar-refractivity contribution < 1.29 is 19.4 Å². The molecular weight excluding hydrogens is 270 g/mol. The van der Waals surface area contributed by atoms with Gasteiger partial charge in [0.15, 0.2) is 6.61 Å². The average molecular weight is 291 g/mol. The molecule has 0 saturated carbocycles. The lowest BCUT2D eigenvalue weighted by Gasteiger charge is -2.24. The second-order valence-electron chi connectivity index (χ2n) is 5.61. The van der Waals surface area contributed by atoms with Gasteiger partial charge in [-0.2, -0.15) is 0 Å². The quantitative estimate of drug-likeness (QED) is 0.839. The molecule has 2 N–H and O–H groups in total. The maximum absolute atomic E-state index is 11.8. The molecule has 5 heteroatoms. The molecule has 0 aromatic heterocycles. The first kappa shape index (κ1) is 15.4. The molecule has 1 aromatic rings. The minimum Gasteiger partial charge on any atom is -0.484 e. The van der Waals surface area contributed by atoms with Crippen molar-refractivity contribution in [3.05, 3.63) is 29.3 Å². The van der Waals surface area contributed by atoms with Gasteiger partial charge >= 0.3 is 5.97 Å². The Morgan fingerprint density at radius 3 is 2.71 bits per heavy atom. The van der Waals surface area contributed by atoms with Crippen molar-refractivity contribution in [1.82, 2.24) is 5.32 Å². The van der Waals surface area contributed by atoms with Gasteiger partial charge in [-0.3, -0.25) is 4.79 Å². The highest BCUT2D eigenvalue weighted by Crippen LogP contribution is 2.25. The Hall–Kier alpha value is -2.04. The van der Waals surface area contributed by atoms with Crippen LogP contribution < -0.4 is 10.1 Å². The van der Waals surface area contributed by atoms with E-state index in [0.29, 0.717) is 12.2 Å². The van der Waals surface area contributed by atoms with Gasteiger partial charge in [-0.15, -0.1) is 0 Å². The van der Waals surface area contributed by atoms with E-state index in [4.69, 9.17) is 9.84 Å². The summed E-state index contributed by atoms with van der Waals surface area (Å²) in [6.45, 7) is 3.03. The first-order chi connectivity index (χ1) is 9.94. The Morgan fingerprint density at radius 1 is 1.33 bits per heavy atom. The van der Waals surface area contributed by atoms with E-state index in [-0.39, 0.29) is 6.61 Å². The van der Waals surface area contributed by atoms with Crippen LogP contribution in [0.2, 0.25) is 0 Å². The summed E-state index contributed by atoms with van der Waals surface area (Å²) in [7, 11) is 0. The van der Waals surface area contributed by atoms with Gasteiger partial charge in [0.05, 0.1) is 0 Å². The standard InChI is InChI=1S/C16H21NO4/c1-3-16(2,15(19)20)17-14(18)10-21-13-8-7-11-5-4-6-12(11)9-13/h7-9H,3-6,10H2,1-2H3,(H,17,18)(H,19,20). The fourth-order valence-corrected chi connectivity index (χ4v) is 2.42. The lowest BCUT2D eigenvalue weighted by Crippen LogP contribution is -2.53. The van der Waals surface area contributed by atoms with Crippen LogP contribution in [0.25, 0.3) is 0 Å². The molecule has 1 aromatic carbocycles. The van der Waals surface area contributed by atoms with Crippen LogP contribution in [0, 0.1) is 0 Å². The zero-order valence-electron chi connectivity index (χ0n) is 12.4. The number of hydrogen-bond donors (Lipinski definition) is 2. The number of carbonyl (C=O) groups is 2. The summed E-state index contributed by atoms with van der Waals surface area (Å²) in [5.74, 6) is -0.822. The number of aliphatic carboxylic acids is 1. The van der Waals surface area contributed by atoms with Crippen molar-refractivity contribution in [3.63, 3.8) is 0 Å². The van der Waals surface area contributed by atoms with Gasteiger partial charge < -0.3 is 15.2 Å². The highest BCUT2D eigenvalue weighted by Gasteiger charge is 2.32. The van der Waals surface area contributed by atoms with E-state index in [1.165, 1.54) is 18.1 Å². The zero-order chi connectivity index (χ0) is 15.5. The molecule has 5 nitrogen and oxygen atoms in total. The van der Waals surface area contributed by atoms with E-state index >= 15 is 0 Å². The molecule has 0 spiro atoms. The summed E-state index contributed by atoms with van der Waals surface area (Å²) in [5, 5.41) is 11.6. The number of amides is 1. The molecule has 0 heterocycles. The minimum absolute atomic E-state index is 0.179. The smallest absolute Gasteiger partial charge is 0.329 e. The third-order valence-electron chi connectivity index (χ3n) is 4.03. The normalized spacial score (nSPS) is 15.9. The van der Waals surface area contributed by atoms with Gasteiger partial charge in [-0.25, -0.2) is 4.79 Å². The minimum atomic E-state index is -1.25. The van der Waals surface area contributed by atoms with Crippen LogP contribution in [0.15, 0.2) is 18.2 Å². The van der Waals surface area contributed by atoms with Crippen LogP contribution in [0.3, 0.4) is 0 Å². The topological polar surface area (TPSA) is 75.6 Å². The van der Waals surface area contributed by atoms with Crippen LogP contribution in [-0.4, -0.2) is 29.1 Å². The maximum atomic E-state index is 11.8. The summed E-state index contributed by atoms with van der Waals surface area (Å²) in [6, 6.07) is 5.85. The predicted octanol–water partition coefficient (Wildman–Crippen LogP) is 1.92. The first-order valence-corrected chi connectivity index (χ1v) is 7.23. The van der Waals surface area contributed by atoms with Gasteiger partial charge in [0.1, 0.15) is 11.3 Å². The molecule has 0 bridgehead atoms. The highest BCUT2D eigenvalue weighted by atomic mass is 16.5. The molecule has 1 atom stereocenters. The van der Waals surface area contributed by atoms with Crippen LogP contribution in [-0.2, 0) is 22.4 Å². The zero-order valence-corrected chi connectivity index (χ0v) is 12.4. The molecular formula is C16H21NO4. The Morgan fingerprint density at radius 2 is 2.05 bits per heavy atom. The van der Waals surface area contributed by atoms with Crippen molar-refractivity contribution in [2.24, 2.45) is 0 Å². The van der Waals surface area contributed by atoms with Crippen LogP contribution in [0.1, 0.15) is 37.8 Å². The Labute approximate surface area is 124 Å². The van der Waals surface area contributed by atoms with Gasteiger partial charge in [-0.05, 0) is 55.9 Å². The van der Waals surface area contributed by atoms with E-state index in [1.807, 2.05) is 18.2 Å². The second-order valence-corrected chi connectivity index (χ2v) is 5.61. The number of hydrogen-bond acceptors (Lipinski definition) is 3. The van der Waals surface area contributed by atoms with E-state index < -0.39 is 17.4 Å². The lowest BCUT2D eigenvalue weighted by molar-refractivity contribution is -0.147. The van der Waals surface area contributed by atoms with E-state index in [2.05, 4.69) is 5.32 Å². The van der Waals surface area contributed by atoms with Crippen LogP contribution >= 0.6 is 0 Å². The number of carboxylic acids is 1. The summed E-state index contributed by atoms with van der Waals surface area (Å²) in [5.41, 5.74) is 1.37. The molecule has 1 unspecified atom stereocenters. The number of ether oxygens (including phenoxy) is 1. The van der Waals surface area contributed by atoms with Gasteiger partial charge in [-0.1, -0.05) is 13.0 Å².